The number of carbonyl (C=O) groups excluding carboxylic acids is 2. The maximum absolute atomic E-state index is 13.1. The predicted octanol–water partition coefficient (Wildman–Crippen LogP) is 4.47. The molecule has 0 spiro atoms. The molecule has 5 rings (SSSR count). The molecule has 1 amide bonds. The molecule has 31 heavy (non-hydrogen) atoms. The van der Waals surface area contributed by atoms with Gasteiger partial charge in [-0.1, -0.05) is 48.0 Å². The van der Waals surface area contributed by atoms with E-state index in [0.29, 0.717) is 5.56 Å². The zero-order valence-electron chi connectivity index (χ0n) is 17.5. The van der Waals surface area contributed by atoms with Crippen LogP contribution in [-0.2, 0) is 16.0 Å². The maximum atomic E-state index is 13.1. The van der Waals surface area contributed by atoms with Crippen LogP contribution in [0.15, 0.2) is 48.5 Å². The molecule has 1 heterocycles. The Morgan fingerprint density at radius 3 is 2.65 bits per heavy atom. The van der Waals surface area contributed by atoms with Crippen LogP contribution in [0.1, 0.15) is 52.0 Å². The molecule has 2 aliphatic carbocycles. The summed E-state index contributed by atoms with van der Waals surface area (Å²) in [6, 6.07) is 16.2. The number of benzene rings is 2. The summed E-state index contributed by atoms with van der Waals surface area (Å²) in [5.74, 6) is -0.705. The van der Waals surface area contributed by atoms with Gasteiger partial charge in [-0.05, 0) is 61.4 Å². The van der Waals surface area contributed by atoms with E-state index in [0.717, 1.165) is 59.0 Å². The highest BCUT2D eigenvalue weighted by Crippen LogP contribution is 2.37. The minimum atomic E-state index is -0.461. The van der Waals surface area contributed by atoms with Gasteiger partial charge in [-0.2, -0.15) is 0 Å². The fraction of sp³-hybridized carbons (Fsp3) is 0.269. The highest BCUT2D eigenvalue weighted by molar-refractivity contribution is 6.07. The first kappa shape index (κ1) is 19.5. The molecule has 2 aliphatic rings. The van der Waals surface area contributed by atoms with E-state index in [1.54, 1.807) is 0 Å². The molecule has 1 fully saturated rings. The summed E-state index contributed by atoms with van der Waals surface area (Å²) in [6.07, 6.45) is 5.68. The Morgan fingerprint density at radius 1 is 1.10 bits per heavy atom. The van der Waals surface area contributed by atoms with Crippen molar-refractivity contribution in [3.05, 3.63) is 76.5 Å². The standard InChI is InChI=1S/C26H24N2O3/c1-16-6-8-17(9-7-16)14-18-10-13-21-24(20-4-2-3-5-22(20)28-25(18)21)26(30)31-15-23(29)27-19-11-12-19/h2-9,14,19H,10-13,15H2,1H3,(H,27,29)/b18-14+. The van der Waals surface area contributed by atoms with E-state index in [4.69, 9.17) is 9.72 Å². The molecule has 2 aromatic carbocycles. The number of esters is 1. The number of rotatable bonds is 5. The molecule has 0 saturated heterocycles. The van der Waals surface area contributed by atoms with E-state index in [2.05, 4.69) is 42.6 Å². The number of nitrogens with one attached hydrogen (secondary N) is 1. The second kappa shape index (κ2) is 7.99. The second-order valence-electron chi connectivity index (χ2n) is 8.33. The van der Waals surface area contributed by atoms with E-state index < -0.39 is 5.97 Å². The van der Waals surface area contributed by atoms with E-state index in [9.17, 15) is 9.59 Å². The molecule has 0 radical (unpaired) electrons. The third-order valence-corrected chi connectivity index (χ3v) is 5.84. The van der Waals surface area contributed by atoms with Crippen molar-refractivity contribution in [2.24, 2.45) is 0 Å². The average Bonchev–Trinajstić information content (AvgIpc) is 3.51. The Kier molecular flexibility index (Phi) is 5.02. The summed E-state index contributed by atoms with van der Waals surface area (Å²) in [4.78, 5) is 30.0. The third-order valence-electron chi connectivity index (χ3n) is 5.84. The van der Waals surface area contributed by atoms with Gasteiger partial charge < -0.3 is 10.1 Å². The zero-order chi connectivity index (χ0) is 21.4. The Labute approximate surface area is 181 Å². The fourth-order valence-electron chi connectivity index (χ4n) is 4.08. The first-order valence-corrected chi connectivity index (χ1v) is 10.7. The number of para-hydroxylation sites is 1. The molecule has 3 aromatic rings. The van der Waals surface area contributed by atoms with Crippen LogP contribution in [0, 0.1) is 6.92 Å². The van der Waals surface area contributed by atoms with E-state index in [1.165, 1.54) is 5.56 Å². The van der Waals surface area contributed by atoms with Crippen LogP contribution in [0.2, 0.25) is 0 Å². The number of nitrogens with zero attached hydrogens (tertiary/aromatic N) is 1. The Morgan fingerprint density at radius 2 is 1.87 bits per heavy atom. The van der Waals surface area contributed by atoms with Crippen LogP contribution < -0.4 is 5.32 Å². The van der Waals surface area contributed by atoms with Crippen molar-refractivity contribution in [3.8, 4) is 0 Å². The largest absolute Gasteiger partial charge is 0.452 e. The van der Waals surface area contributed by atoms with Crippen LogP contribution in [-0.4, -0.2) is 29.5 Å². The van der Waals surface area contributed by atoms with Gasteiger partial charge >= 0.3 is 5.97 Å². The van der Waals surface area contributed by atoms with Crippen molar-refractivity contribution in [2.45, 2.75) is 38.6 Å². The molecule has 0 unspecified atom stereocenters. The molecule has 0 aliphatic heterocycles. The summed E-state index contributed by atoms with van der Waals surface area (Å²) in [5.41, 5.74) is 6.50. The summed E-state index contributed by atoms with van der Waals surface area (Å²) < 4.78 is 5.42. The van der Waals surface area contributed by atoms with Gasteiger partial charge in [0.25, 0.3) is 5.91 Å². The minimum Gasteiger partial charge on any atom is -0.452 e. The lowest BCUT2D eigenvalue weighted by molar-refractivity contribution is -0.124. The quantitative estimate of drug-likeness (QED) is 0.628. The molecule has 5 heteroatoms. The number of hydrogen-bond donors (Lipinski definition) is 1. The topological polar surface area (TPSA) is 68.3 Å². The first-order valence-electron chi connectivity index (χ1n) is 10.7. The minimum absolute atomic E-state index is 0.242. The van der Waals surface area contributed by atoms with Gasteiger partial charge in [-0.25, -0.2) is 9.78 Å². The van der Waals surface area contributed by atoms with Crippen molar-refractivity contribution in [1.82, 2.24) is 10.3 Å². The number of amides is 1. The number of pyridine rings is 1. The SMILES string of the molecule is Cc1ccc(/C=C2\CCc3c2nc2ccccc2c3C(=O)OCC(=O)NC2CC2)cc1. The van der Waals surface area contributed by atoms with Gasteiger partial charge in [-0.15, -0.1) is 0 Å². The van der Waals surface area contributed by atoms with Gasteiger partial charge in [0.15, 0.2) is 6.61 Å². The van der Waals surface area contributed by atoms with Gasteiger partial charge in [0, 0.05) is 11.4 Å². The van der Waals surface area contributed by atoms with E-state index >= 15 is 0 Å². The van der Waals surface area contributed by atoms with Crippen LogP contribution in [0.3, 0.4) is 0 Å². The molecular weight excluding hydrogens is 388 g/mol. The number of aryl methyl sites for hydroxylation is 1. The molecule has 0 atom stereocenters. The molecular formula is C26H24N2O3. The summed E-state index contributed by atoms with van der Waals surface area (Å²) in [7, 11) is 0. The maximum Gasteiger partial charge on any atom is 0.339 e. The number of ether oxygens (including phenoxy) is 1. The lowest BCUT2D eigenvalue weighted by atomic mass is 10.0. The van der Waals surface area contributed by atoms with Crippen molar-refractivity contribution in [1.29, 1.82) is 0 Å². The Hall–Kier alpha value is -3.47. The first-order chi connectivity index (χ1) is 15.1. The third kappa shape index (κ3) is 4.08. The number of hydrogen-bond acceptors (Lipinski definition) is 4. The molecule has 5 nitrogen and oxygen atoms in total. The predicted molar refractivity (Wildman–Crippen MR) is 121 cm³/mol. The van der Waals surface area contributed by atoms with E-state index in [1.807, 2.05) is 24.3 Å². The Balaban J connectivity index is 1.50. The van der Waals surface area contributed by atoms with Crippen molar-refractivity contribution >= 4 is 34.4 Å². The molecule has 1 N–H and O–H groups in total. The highest BCUT2D eigenvalue weighted by atomic mass is 16.5. The molecule has 0 bridgehead atoms. The Bertz CT molecular complexity index is 1210. The van der Waals surface area contributed by atoms with Gasteiger partial charge in [0.05, 0.1) is 16.8 Å². The lowest BCUT2D eigenvalue weighted by Crippen LogP contribution is -2.30. The summed E-state index contributed by atoms with van der Waals surface area (Å²) in [5, 5.41) is 3.62. The molecule has 1 saturated carbocycles. The molecule has 156 valence electrons. The average molecular weight is 412 g/mol. The summed E-state index contributed by atoms with van der Waals surface area (Å²) in [6.45, 7) is 1.81. The normalized spacial score (nSPS) is 16.4. The highest BCUT2D eigenvalue weighted by Gasteiger charge is 2.28. The fourth-order valence-corrected chi connectivity index (χ4v) is 4.08. The van der Waals surface area contributed by atoms with Crippen LogP contribution in [0.5, 0.6) is 0 Å². The van der Waals surface area contributed by atoms with Crippen LogP contribution in [0.4, 0.5) is 0 Å². The number of fused-ring (bicyclic) bond motifs is 2. The smallest absolute Gasteiger partial charge is 0.339 e. The van der Waals surface area contributed by atoms with Gasteiger partial charge in [0.1, 0.15) is 0 Å². The van der Waals surface area contributed by atoms with Crippen molar-refractivity contribution in [2.75, 3.05) is 6.61 Å². The molecule has 1 aromatic heterocycles. The van der Waals surface area contributed by atoms with Gasteiger partial charge in [-0.3, -0.25) is 4.79 Å². The van der Waals surface area contributed by atoms with Crippen LogP contribution >= 0.6 is 0 Å². The summed E-state index contributed by atoms with van der Waals surface area (Å²) >= 11 is 0. The second-order valence-corrected chi connectivity index (χ2v) is 8.33. The lowest BCUT2D eigenvalue weighted by Gasteiger charge is -2.12. The number of carbonyl (C=O) groups is 2. The van der Waals surface area contributed by atoms with Crippen LogP contribution in [0.25, 0.3) is 22.6 Å². The van der Waals surface area contributed by atoms with Crippen molar-refractivity contribution < 1.29 is 14.3 Å². The number of aromatic nitrogens is 1. The van der Waals surface area contributed by atoms with Crippen molar-refractivity contribution in [3.63, 3.8) is 0 Å². The monoisotopic (exact) mass is 412 g/mol. The zero-order valence-corrected chi connectivity index (χ0v) is 17.5. The number of allylic oxidation sites excluding steroid dienone is 1. The van der Waals surface area contributed by atoms with E-state index in [-0.39, 0.29) is 18.6 Å². The van der Waals surface area contributed by atoms with Gasteiger partial charge in [0.2, 0.25) is 0 Å².